The Kier molecular flexibility index (Phi) is 1.88. The van der Waals surface area contributed by atoms with Crippen molar-refractivity contribution < 1.29 is 4.79 Å². The summed E-state index contributed by atoms with van der Waals surface area (Å²) in [5.41, 5.74) is -0.448. The summed E-state index contributed by atoms with van der Waals surface area (Å²) in [4.78, 5) is 11.8. The normalized spacial score (nSPS) is 30.5. The van der Waals surface area contributed by atoms with E-state index in [0.29, 0.717) is 0 Å². The van der Waals surface area contributed by atoms with Gasteiger partial charge in [0.15, 0.2) is 0 Å². The van der Waals surface area contributed by atoms with Crippen molar-refractivity contribution in [3.63, 3.8) is 0 Å². The van der Waals surface area contributed by atoms with Crippen LogP contribution in [0.25, 0.3) is 0 Å². The molecule has 3 nitrogen and oxygen atoms in total. The van der Waals surface area contributed by atoms with E-state index in [9.17, 15) is 4.79 Å². The van der Waals surface area contributed by atoms with Crippen LogP contribution in [0.3, 0.4) is 0 Å². The maximum absolute atomic E-state index is 11.8. The molecule has 0 radical (unpaired) electrons. The molecule has 1 aliphatic carbocycles. The Bertz CT molecular complexity index is 229. The number of hydrogen-bond donors (Lipinski definition) is 2. The van der Waals surface area contributed by atoms with Gasteiger partial charge >= 0.3 is 0 Å². The third kappa shape index (κ3) is 1.46. The predicted octanol–water partition coefficient (Wildman–Crippen LogP) is 1.14. The Morgan fingerprint density at radius 3 is 2.23 bits per heavy atom. The second kappa shape index (κ2) is 2.71. The molecule has 0 unspecified atom stereocenters. The Balaban J connectivity index is 2.18. The Morgan fingerprint density at radius 2 is 1.77 bits per heavy atom. The highest BCUT2D eigenvalue weighted by atomic mass is 16.2. The summed E-state index contributed by atoms with van der Waals surface area (Å²) < 4.78 is 0. The predicted molar refractivity (Wildman–Crippen MR) is 51.2 cm³/mol. The van der Waals surface area contributed by atoms with Crippen molar-refractivity contribution >= 4 is 5.91 Å². The highest BCUT2D eigenvalue weighted by Crippen LogP contribution is 2.33. The summed E-state index contributed by atoms with van der Waals surface area (Å²) in [5, 5.41) is 6.44. The average molecular weight is 182 g/mol. The molecule has 2 N–H and O–H groups in total. The molecule has 13 heavy (non-hydrogen) atoms. The summed E-state index contributed by atoms with van der Waals surface area (Å²) in [5.74, 6) is 0.206. The molecule has 0 atom stereocenters. The van der Waals surface area contributed by atoms with Gasteiger partial charge in [-0.25, -0.2) is 0 Å². The van der Waals surface area contributed by atoms with E-state index in [1.807, 2.05) is 13.8 Å². The fourth-order valence-corrected chi connectivity index (χ4v) is 2.60. The van der Waals surface area contributed by atoms with Crippen LogP contribution in [0.2, 0.25) is 0 Å². The molecule has 2 rings (SSSR count). The largest absolute Gasteiger partial charge is 0.337 e. The van der Waals surface area contributed by atoms with Gasteiger partial charge in [-0.3, -0.25) is 10.1 Å². The minimum absolute atomic E-state index is 0.206. The number of nitrogens with one attached hydrogen (secondary N) is 2. The van der Waals surface area contributed by atoms with E-state index in [2.05, 4.69) is 10.6 Å². The van der Waals surface area contributed by atoms with Gasteiger partial charge in [-0.05, 0) is 26.7 Å². The maximum Gasteiger partial charge on any atom is 0.241 e. The highest BCUT2D eigenvalue weighted by Gasteiger charge is 2.49. The monoisotopic (exact) mass is 182 g/mol. The van der Waals surface area contributed by atoms with Crippen molar-refractivity contribution in [1.29, 1.82) is 0 Å². The molecule has 2 fully saturated rings. The lowest BCUT2D eigenvalue weighted by Crippen LogP contribution is -2.51. The van der Waals surface area contributed by atoms with E-state index in [4.69, 9.17) is 0 Å². The maximum atomic E-state index is 11.8. The van der Waals surface area contributed by atoms with Crippen LogP contribution >= 0.6 is 0 Å². The smallest absolute Gasteiger partial charge is 0.241 e. The van der Waals surface area contributed by atoms with Crippen molar-refractivity contribution in [2.45, 2.75) is 57.2 Å². The van der Waals surface area contributed by atoms with E-state index >= 15 is 0 Å². The molecule has 2 aliphatic rings. The van der Waals surface area contributed by atoms with Crippen LogP contribution < -0.4 is 10.6 Å². The number of hydrogen-bond acceptors (Lipinski definition) is 2. The second-order valence-corrected chi connectivity index (χ2v) is 4.85. The molecule has 0 aromatic heterocycles. The molecule has 1 amide bonds. The lowest BCUT2D eigenvalue weighted by molar-refractivity contribution is -0.125. The fourth-order valence-electron chi connectivity index (χ4n) is 2.60. The van der Waals surface area contributed by atoms with E-state index in [1.54, 1.807) is 0 Å². The van der Waals surface area contributed by atoms with E-state index in [0.717, 1.165) is 12.8 Å². The second-order valence-electron chi connectivity index (χ2n) is 4.85. The van der Waals surface area contributed by atoms with Gasteiger partial charge in [0.1, 0.15) is 0 Å². The Hall–Kier alpha value is -0.570. The molecule has 74 valence electrons. The summed E-state index contributed by atoms with van der Waals surface area (Å²) in [6.45, 7) is 4.04. The first-order valence-electron chi connectivity index (χ1n) is 5.16. The van der Waals surface area contributed by atoms with Crippen LogP contribution in [0, 0.1) is 0 Å². The van der Waals surface area contributed by atoms with Gasteiger partial charge in [0.25, 0.3) is 0 Å². The zero-order chi connectivity index (χ0) is 9.53. The van der Waals surface area contributed by atoms with E-state index in [1.165, 1.54) is 19.3 Å². The van der Waals surface area contributed by atoms with E-state index in [-0.39, 0.29) is 17.1 Å². The van der Waals surface area contributed by atoms with Crippen molar-refractivity contribution in [2.24, 2.45) is 0 Å². The number of carbonyl (C=O) groups excluding carboxylic acids is 1. The third-order valence-corrected chi connectivity index (χ3v) is 3.12. The van der Waals surface area contributed by atoms with Crippen molar-refractivity contribution in [1.82, 2.24) is 10.6 Å². The van der Waals surface area contributed by atoms with Gasteiger partial charge in [-0.1, -0.05) is 19.3 Å². The zero-order valence-corrected chi connectivity index (χ0v) is 8.44. The SMILES string of the molecule is CC1(C)NC(=O)C2(CCCCC2)N1. The Labute approximate surface area is 79.3 Å². The molecular formula is C10H18N2O. The average Bonchev–Trinajstić information content (AvgIpc) is 2.23. The van der Waals surface area contributed by atoms with Crippen LogP contribution in [0.1, 0.15) is 46.0 Å². The van der Waals surface area contributed by atoms with Gasteiger partial charge in [0, 0.05) is 0 Å². The number of carbonyl (C=O) groups is 1. The van der Waals surface area contributed by atoms with Crippen LogP contribution in [0.4, 0.5) is 0 Å². The molecule has 0 bridgehead atoms. The third-order valence-electron chi connectivity index (χ3n) is 3.12. The number of rotatable bonds is 0. The van der Waals surface area contributed by atoms with Crippen molar-refractivity contribution in [3.8, 4) is 0 Å². The molecule has 0 aromatic carbocycles. The quantitative estimate of drug-likeness (QED) is 0.590. The van der Waals surface area contributed by atoms with Crippen LogP contribution in [0.5, 0.6) is 0 Å². The highest BCUT2D eigenvalue weighted by molar-refractivity contribution is 5.89. The molecule has 1 saturated heterocycles. The van der Waals surface area contributed by atoms with Gasteiger partial charge in [0.05, 0.1) is 11.2 Å². The van der Waals surface area contributed by atoms with Gasteiger partial charge < -0.3 is 5.32 Å². The molecule has 1 saturated carbocycles. The Morgan fingerprint density at radius 1 is 1.15 bits per heavy atom. The van der Waals surface area contributed by atoms with Gasteiger partial charge in [-0.2, -0.15) is 0 Å². The minimum Gasteiger partial charge on any atom is -0.337 e. The summed E-state index contributed by atoms with van der Waals surface area (Å²) in [6, 6.07) is 0. The minimum atomic E-state index is -0.234. The standard InChI is InChI=1S/C10H18N2O/c1-9(2)11-8(13)10(12-9)6-4-3-5-7-10/h12H,3-7H2,1-2H3,(H,11,13). The molecule has 3 heteroatoms. The molecule has 1 aliphatic heterocycles. The molecule has 1 spiro atoms. The van der Waals surface area contributed by atoms with Gasteiger partial charge in [0.2, 0.25) is 5.91 Å². The van der Waals surface area contributed by atoms with Crippen LogP contribution in [0.15, 0.2) is 0 Å². The summed E-state index contributed by atoms with van der Waals surface area (Å²) in [7, 11) is 0. The van der Waals surface area contributed by atoms with Crippen LogP contribution in [-0.4, -0.2) is 17.1 Å². The number of amides is 1. The van der Waals surface area contributed by atoms with E-state index < -0.39 is 0 Å². The van der Waals surface area contributed by atoms with Crippen molar-refractivity contribution in [3.05, 3.63) is 0 Å². The molecule has 0 aromatic rings. The summed E-state index contributed by atoms with van der Waals surface area (Å²) >= 11 is 0. The molecular weight excluding hydrogens is 164 g/mol. The van der Waals surface area contributed by atoms with Crippen LogP contribution in [-0.2, 0) is 4.79 Å². The first kappa shape index (κ1) is 9.00. The topological polar surface area (TPSA) is 41.1 Å². The summed E-state index contributed by atoms with van der Waals surface area (Å²) in [6.07, 6.45) is 5.63. The van der Waals surface area contributed by atoms with Crippen molar-refractivity contribution in [2.75, 3.05) is 0 Å². The van der Waals surface area contributed by atoms with Gasteiger partial charge in [-0.15, -0.1) is 0 Å². The lowest BCUT2D eigenvalue weighted by atomic mass is 9.82. The first-order chi connectivity index (χ1) is 6.04. The molecule has 1 heterocycles. The first-order valence-corrected chi connectivity index (χ1v) is 5.16. The fraction of sp³-hybridized carbons (Fsp3) is 0.900. The zero-order valence-electron chi connectivity index (χ0n) is 8.44. The lowest BCUT2D eigenvalue weighted by Gasteiger charge is -2.32.